The number of hydrogen-bond donors (Lipinski definition) is 2. The quantitative estimate of drug-likeness (QED) is 0.492. The van der Waals surface area contributed by atoms with E-state index in [-0.39, 0.29) is 30.3 Å². The van der Waals surface area contributed by atoms with Crippen LogP contribution in [0.2, 0.25) is 0 Å². The standard InChI is InChI=1S/C21H25N3O5/c1-3-4-6-11-18(25)29-16-12-13-17(23-19(16)20(26)22-2)24-21(27)28-14-15-9-7-5-8-10-15/h5,7-10,12-13H,3-4,6,11,14H2,1-2H3,(H,22,26)(H,23,24,27). The van der Waals surface area contributed by atoms with Crippen molar-refractivity contribution in [3.8, 4) is 5.75 Å². The Bertz CT molecular complexity index is 839. The molecule has 2 amide bonds. The van der Waals surface area contributed by atoms with Gasteiger partial charge in [-0.1, -0.05) is 50.1 Å². The van der Waals surface area contributed by atoms with Gasteiger partial charge in [0.1, 0.15) is 12.4 Å². The van der Waals surface area contributed by atoms with Gasteiger partial charge in [0.2, 0.25) is 0 Å². The fourth-order valence-corrected chi connectivity index (χ4v) is 2.44. The van der Waals surface area contributed by atoms with Crippen molar-refractivity contribution in [2.75, 3.05) is 12.4 Å². The van der Waals surface area contributed by atoms with Crippen LogP contribution in [0.25, 0.3) is 0 Å². The molecule has 154 valence electrons. The fourth-order valence-electron chi connectivity index (χ4n) is 2.44. The highest BCUT2D eigenvalue weighted by atomic mass is 16.5. The Morgan fingerprint density at radius 3 is 2.48 bits per heavy atom. The lowest BCUT2D eigenvalue weighted by Crippen LogP contribution is -2.23. The number of carbonyl (C=O) groups excluding carboxylic acids is 3. The van der Waals surface area contributed by atoms with E-state index in [9.17, 15) is 14.4 Å². The number of aromatic nitrogens is 1. The molecule has 0 spiro atoms. The monoisotopic (exact) mass is 399 g/mol. The maximum absolute atomic E-state index is 12.1. The molecule has 0 aliphatic heterocycles. The Labute approximate surface area is 169 Å². The van der Waals surface area contributed by atoms with Crippen LogP contribution in [0.5, 0.6) is 5.75 Å². The van der Waals surface area contributed by atoms with Crippen molar-refractivity contribution in [2.24, 2.45) is 0 Å². The Kier molecular flexibility index (Phi) is 8.62. The molecule has 0 aliphatic rings. The summed E-state index contributed by atoms with van der Waals surface area (Å²) >= 11 is 0. The van der Waals surface area contributed by atoms with E-state index in [1.165, 1.54) is 19.2 Å². The molecular formula is C21H25N3O5. The first-order valence-corrected chi connectivity index (χ1v) is 9.45. The molecule has 1 aromatic carbocycles. The highest BCUT2D eigenvalue weighted by Gasteiger charge is 2.18. The predicted molar refractivity (Wildman–Crippen MR) is 108 cm³/mol. The summed E-state index contributed by atoms with van der Waals surface area (Å²) in [6, 6.07) is 12.1. The number of pyridine rings is 1. The van der Waals surface area contributed by atoms with Crippen molar-refractivity contribution in [3.05, 3.63) is 53.7 Å². The van der Waals surface area contributed by atoms with E-state index in [1.54, 1.807) is 0 Å². The summed E-state index contributed by atoms with van der Waals surface area (Å²) in [5.41, 5.74) is 0.740. The van der Waals surface area contributed by atoms with Crippen LogP contribution in [0.1, 0.15) is 48.7 Å². The SMILES string of the molecule is CCCCCC(=O)Oc1ccc(NC(=O)OCc2ccccc2)nc1C(=O)NC. The predicted octanol–water partition coefficient (Wildman–Crippen LogP) is 3.68. The Hall–Kier alpha value is -3.42. The van der Waals surface area contributed by atoms with Gasteiger partial charge in [-0.15, -0.1) is 0 Å². The van der Waals surface area contributed by atoms with Crippen LogP contribution in [0.3, 0.4) is 0 Å². The maximum Gasteiger partial charge on any atom is 0.413 e. The average molecular weight is 399 g/mol. The molecule has 1 heterocycles. The number of nitrogens with one attached hydrogen (secondary N) is 2. The lowest BCUT2D eigenvalue weighted by atomic mass is 10.2. The minimum Gasteiger partial charge on any atom is -0.444 e. The van der Waals surface area contributed by atoms with Gasteiger partial charge in [-0.2, -0.15) is 0 Å². The second kappa shape index (κ2) is 11.4. The number of carbonyl (C=O) groups is 3. The van der Waals surface area contributed by atoms with E-state index in [0.29, 0.717) is 6.42 Å². The van der Waals surface area contributed by atoms with Gasteiger partial charge in [0, 0.05) is 13.5 Å². The zero-order valence-electron chi connectivity index (χ0n) is 16.6. The molecule has 0 aliphatic carbocycles. The van der Waals surface area contributed by atoms with E-state index in [2.05, 4.69) is 15.6 Å². The summed E-state index contributed by atoms with van der Waals surface area (Å²) in [5, 5.41) is 4.90. The van der Waals surface area contributed by atoms with Crippen LogP contribution in [0.15, 0.2) is 42.5 Å². The molecule has 2 N–H and O–H groups in total. The third-order valence-corrected chi connectivity index (χ3v) is 3.95. The van der Waals surface area contributed by atoms with Crippen LogP contribution in [0.4, 0.5) is 10.6 Å². The second-order valence-electron chi connectivity index (χ2n) is 6.24. The molecule has 0 unspecified atom stereocenters. The van der Waals surface area contributed by atoms with Crippen molar-refractivity contribution < 1.29 is 23.9 Å². The fraction of sp³-hybridized carbons (Fsp3) is 0.333. The van der Waals surface area contributed by atoms with Gasteiger partial charge in [0.15, 0.2) is 11.4 Å². The topological polar surface area (TPSA) is 107 Å². The van der Waals surface area contributed by atoms with Crippen LogP contribution in [-0.4, -0.2) is 30.0 Å². The maximum atomic E-state index is 12.1. The molecule has 1 aromatic heterocycles. The first-order chi connectivity index (χ1) is 14.0. The van der Waals surface area contributed by atoms with E-state index in [1.807, 2.05) is 37.3 Å². The number of nitrogens with zero attached hydrogens (tertiary/aromatic N) is 1. The minimum atomic E-state index is -0.714. The molecule has 0 radical (unpaired) electrons. The number of hydrogen-bond acceptors (Lipinski definition) is 6. The van der Waals surface area contributed by atoms with Crippen LogP contribution < -0.4 is 15.4 Å². The first-order valence-electron chi connectivity index (χ1n) is 9.45. The van der Waals surface area contributed by atoms with Crippen molar-refractivity contribution in [2.45, 2.75) is 39.2 Å². The second-order valence-corrected chi connectivity index (χ2v) is 6.24. The number of ether oxygens (including phenoxy) is 2. The largest absolute Gasteiger partial charge is 0.444 e. The van der Waals surface area contributed by atoms with Crippen molar-refractivity contribution in [1.29, 1.82) is 0 Å². The molecule has 8 nitrogen and oxygen atoms in total. The smallest absolute Gasteiger partial charge is 0.413 e. The molecule has 2 rings (SSSR count). The number of amides is 2. The molecule has 0 saturated carbocycles. The zero-order valence-corrected chi connectivity index (χ0v) is 16.6. The summed E-state index contributed by atoms with van der Waals surface area (Å²) in [6.07, 6.45) is 2.16. The van der Waals surface area contributed by atoms with Gasteiger partial charge in [0.05, 0.1) is 0 Å². The molecule has 29 heavy (non-hydrogen) atoms. The summed E-state index contributed by atoms with van der Waals surface area (Å²) in [6.45, 7) is 2.14. The van der Waals surface area contributed by atoms with Gasteiger partial charge in [-0.25, -0.2) is 9.78 Å². The molecule has 0 fully saturated rings. The van der Waals surface area contributed by atoms with Crippen LogP contribution in [0, 0.1) is 0 Å². The van der Waals surface area contributed by atoms with Gasteiger partial charge in [-0.05, 0) is 24.1 Å². The highest BCUT2D eigenvalue weighted by Crippen LogP contribution is 2.20. The minimum absolute atomic E-state index is 0.0362. The molecule has 0 atom stereocenters. The number of rotatable bonds is 9. The number of anilines is 1. The van der Waals surface area contributed by atoms with Crippen molar-refractivity contribution >= 4 is 23.8 Å². The molecule has 0 saturated heterocycles. The zero-order chi connectivity index (χ0) is 21.1. The average Bonchev–Trinajstić information content (AvgIpc) is 2.73. The van der Waals surface area contributed by atoms with Gasteiger partial charge in [-0.3, -0.25) is 14.9 Å². The van der Waals surface area contributed by atoms with Gasteiger partial charge >= 0.3 is 12.1 Å². The van der Waals surface area contributed by atoms with Gasteiger partial charge < -0.3 is 14.8 Å². The molecular weight excluding hydrogens is 374 g/mol. The number of unbranched alkanes of at least 4 members (excludes halogenated alkanes) is 2. The van der Waals surface area contributed by atoms with Gasteiger partial charge in [0.25, 0.3) is 5.91 Å². The Morgan fingerprint density at radius 1 is 1.03 bits per heavy atom. The summed E-state index contributed by atoms with van der Waals surface area (Å²) < 4.78 is 10.4. The first kappa shape index (κ1) is 21.9. The summed E-state index contributed by atoms with van der Waals surface area (Å²) in [4.78, 5) is 40.2. The molecule has 8 heteroatoms. The summed E-state index contributed by atoms with van der Waals surface area (Å²) in [7, 11) is 1.44. The summed E-state index contributed by atoms with van der Waals surface area (Å²) in [5.74, 6) is -0.836. The normalized spacial score (nSPS) is 10.1. The van der Waals surface area contributed by atoms with Crippen molar-refractivity contribution in [3.63, 3.8) is 0 Å². The van der Waals surface area contributed by atoms with E-state index in [4.69, 9.17) is 9.47 Å². The lowest BCUT2D eigenvalue weighted by molar-refractivity contribution is -0.134. The van der Waals surface area contributed by atoms with E-state index >= 15 is 0 Å². The Morgan fingerprint density at radius 2 is 1.79 bits per heavy atom. The highest BCUT2D eigenvalue weighted by molar-refractivity contribution is 5.96. The molecule has 2 aromatic rings. The number of benzene rings is 1. The third-order valence-electron chi connectivity index (χ3n) is 3.95. The Balaban J connectivity index is 2.02. The van der Waals surface area contributed by atoms with E-state index in [0.717, 1.165) is 18.4 Å². The molecule has 0 bridgehead atoms. The number of esters is 1. The van der Waals surface area contributed by atoms with Crippen LogP contribution in [-0.2, 0) is 16.1 Å². The third kappa shape index (κ3) is 7.25. The van der Waals surface area contributed by atoms with E-state index < -0.39 is 18.0 Å². The van der Waals surface area contributed by atoms with Crippen LogP contribution >= 0.6 is 0 Å². The van der Waals surface area contributed by atoms with Crippen molar-refractivity contribution in [1.82, 2.24) is 10.3 Å². The lowest BCUT2D eigenvalue weighted by Gasteiger charge is -2.11.